The smallest absolute Gasteiger partial charge is 0.248 e. The number of aromatic nitrogens is 3. The number of nitrogens with one attached hydrogen (secondary N) is 1. The van der Waals surface area contributed by atoms with Crippen LogP contribution in [0.4, 0.5) is 5.69 Å². The van der Waals surface area contributed by atoms with E-state index in [9.17, 15) is 4.79 Å². The average molecular weight is 467 g/mol. The highest BCUT2D eigenvalue weighted by Crippen LogP contribution is 2.36. The van der Waals surface area contributed by atoms with Crippen molar-refractivity contribution in [1.29, 1.82) is 0 Å². The third-order valence-corrected chi connectivity index (χ3v) is 5.75. The molecule has 2 aromatic carbocycles. The molecule has 0 saturated heterocycles. The molecule has 0 saturated carbocycles. The Morgan fingerprint density at radius 2 is 2.09 bits per heavy atom. The number of hydrogen-bond donors (Lipinski definition) is 1. The standard InChI is InChI=1S/C25H27ClN4O3/c1-3-33-24-20(26)14-17(15-21(24)32-2)11-12-23(31)27-19-9-7-8-18(16-19)25-29-28-22-10-5-4-6-13-30(22)25/h7-9,11-12,14-16H,3-6,10,13H2,1-2H3,(H,27,31)/b12-11+. The summed E-state index contributed by atoms with van der Waals surface area (Å²) < 4.78 is 13.1. The van der Waals surface area contributed by atoms with Crippen LogP contribution in [0.5, 0.6) is 11.5 Å². The Morgan fingerprint density at radius 1 is 1.21 bits per heavy atom. The quantitative estimate of drug-likeness (QED) is 0.472. The molecule has 0 aliphatic carbocycles. The van der Waals surface area contributed by atoms with Gasteiger partial charge in [0.15, 0.2) is 17.3 Å². The van der Waals surface area contributed by atoms with E-state index >= 15 is 0 Å². The zero-order valence-electron chi connectivity index (χ0n) is 18.8. The Morgan fingerprint density at radius 3 is 2.91 bits per heavy atom. The number of nitrogens with zero attached hydrogens (tertiary/aromatic N) is 3. The fraction of sp³-hybridized carbons (Fsp3) is 0.320. The molecule has 0 atom stereocenters. The van der Waals surface area contributed by atoms with Crippen molar-refractivity contribution >= 4 is 29.3 Å². The molecule has 0 spiro atoms. The SMILES string of the molecule is CCOc1c(Cl)cc(/C=C/C(=O)Nc2cccc(-c3nnc4n3CCCCC4)c2)cc1OC. The number of carbonyl (C=O) groups excluding carboxylic acids is 1. The van der Waals surface area contributed by atoms with Crippen LogP contribution in [0.2, 0.25) is 5.02 Å². The highest BCUT2D eigenvalue weighted by molar-refractivity contribution is 6.32. The maximum Gasteiger partial charge on any atom is 0.248 e. The third kappa shape index (κ3) is 5.37. The lowest BCUT2D eigenvalue weighted by molar-refractivity contribution is -0.111. The fourth-order valence-corrected chi connectivity index (χ4v) is 4.18. The molecular weight excluding hydrogens is 440 g/mol. The molecule has 1 amide bonds. The Balaban J connectivity index is 1.48. The molecule has 0 fully saturated rings. The van der Waals surface area contributed by atoms with E-state index < -0.39 is 0 Å². The van der Waals surface area contributed by atoms with Crippen molar-refractivity contribution in [2.75, 3.05) is 19.0 Å². The van der Waals surface area contributed by atoms with E-state index in [1.165, 1.54) is 12.5 Å². The van der Waals surface area contributed by atoms with E-state index in [1.54, 1.807) is 25.3 Å². The van der Waals surface area contributed by atoms with Crippen LogP contribution in [-0.2, 0) is 17.8 Å². The maximum atomic E-state index is 12.6. The molecule has 1 N–H and O–H groups in total. The van der Waals surface area contributed by atoms with E-state index in [-0.39, 0.29) is 5.91 Å². The molecule has 8 heteroatoms. The largest absolute Gasteiger partial charge is 0.493 e. The van der Waals surface area contributed by atoms with Crippen LogP contribution in [0.25, 0.3) is 17.5 Å². The number of hydrogen-bond acceptors (Lipinski definition) is 5. The minimum Gasteiger partial charge on any atom is -0.493 e. The number of carbonyl (C=O) groups is 1. The van der Waals surface area contributed by atoms with Gasteiger partial charge >= 0.3 is 0 Å². The second kappa shape index (κ2) is 10.5. The number of fused-ring (bicyclic) bond motifs is 1. The summed E-state index contributed by atoms with van der Waals surface area (Å²) in [5, 5.41) is 12.1. The number of amides is 1. The number of anilines is 1. The summed E-state index contributed by atoms with van der Waals surface area (Å²) >= 11 is 6.31. The number of aryl methyl sites for hydroxylation is 1. The first-order valence-corrected chi connectivity index (χ1v) is 11.5. The molecule has 172 valence electrons. The van der Waals surface area contributed by atoms with Gasteiger partial charge in [-0.2, -0.15) is 0 Å². The van der Waals surface area contributed by atoms with Crippen LogP contribution in [0.3, 0.4) is 0 Å². The van der Waals surface area contributed by atoms with Crippen molar-refractivity contribution in [2.24, 2.45) is 0 Å². The van der Waals surface area contributed by atoms with E-state index in [2.05, 4.69) is 20.1 Å². The minimum absolute atomic E-state index is 0.254. The topological polar surface area (TPSA) is 78.3 Å². The zero-order valence-corrected chi connectivity index (χ0v) is 19.6. The van der Waals surface area contributed by atoms with Gasteiger partial charge in [0.25, 0.3) is 0 Å². The predicted octanol–water partition coefficient (Wildman–Crippen LogP) is 5.38. The molecule has 1 aliphatic heterocycles. The normalized spacial score (nSPS) is 13.4. The van der Waals surface area contributed by atoms with Gasteiger partial charge in [-0.15, -0.1) is 10.2 Å². The zero-order chi connectivity index (χ0) is 23.2. The van der Waals surface area contributed by atoms with Crippen molar-refractivity contribution in [3.05, 3.63) is 58.9 Å². The van der Waals surface area contributed by atoms with Gasteiger partial charge in [-0.25, -0.2) is 0 Å². The molecule has 0 bridgehead atoms. The lowest BCUT2D eigenvalue weighted by Crippen LogP contribution is -2.08. The number of halogens is 1. The number of benzene rings is 2. The monoisotopic (exact) mass is 466 g/mol. The first-order chi connectivity index (χ1) is 16.1. The third-order valence-electron chi connectivity index (χ3n) is 5.47. The van der Waals surface area contributed by atoms with Crippen LogP contribution < -0.4 is 14.8 Å². The van der Waals surface area contributed by atoms with Gasteiger partial charge < -0.3 is 19.4 Å². The number of methoxy groups -OCH3 is 1. The number of ether oxygens (including phenoxy) is 2. The van der Waals surface area contributed by atoms with Crippen LogP contribution >= 0.6 is 11.6 Å². The van der Waals surface area contributed by atoms with Gasteiger partial charge in [-0.05, 0) is 55.7 Å². The molecule has 1 aromatic heterocycles. The van der Waals surface area contributed by atoms with Gasteiger partial charge in [0.1, 0.15) is 5.82 Å². The summed E-state index contributed by atoms with van der Waals surface area (Å²) in [5.74, 6) is 2.63. The molecule has 3 aromatic rings. The summed E-state index contributed by atoms with van der Waals surface area (Å²) in [4.78, 5) is 12.6. The van der Waals surface area contributed by atoms with E-state index in [1.807, 2.05) is 31.2 Å². The minimum atomic E-state index is -0.254. The summed E-state index contributed by atoms with van der Waals surface area (Å²) in [7, 11) is 1.55. The molecule has 0 radical (unpaired) electrons. The molecule has 33 heavy (non-hydrogen) atoms. The van der Waals surface area contributed by atoms with Crippen molar-refractivity contribution in [1.82, 2.24) is 14.8 Å². The van der Waals surface area contributed by atoms with Crippen LogP contribution in [0, 0.1) is 0 Å². The van der Waals surface area contributed by atoms with E-state index in [0.717, 1.165) is 48.6 Å². The summed E-state index contributed by atoms with van der Waals surface area (Å²) in [5.41, 5.74) is 2.35. The molecule has 0 unspecified atom stereocenters. The van der Waals surface area contributed by atoms with Gasteiger partial charge in [0.2, 0.25) is 5.91 Å². The van der Waals surface area contributed by atoms with Crippen molar-refractivity contribution < 1.29 is 14.3 Å². The Bertz CT molecular complexity index is 1170. The molecule has 7 nitrogen and oxygen atoms in total. The fourth-order valence-electron chi connectivity index (χ4n) is 3.91. The lowest BCUT2D eigenvalue weighted by atomic mass is 10.1. The van der Waals surface area contributed by atoms with Crippen LogP contribution in [0.1, 0.15) is 37.6 Å². The Hall–Kier alpha value is -3.32. The molecule has 4 rings (SSSR count). The van der Waals surface area contributed by atoms with Gasteiger partial charge in [0, 0.05) is 30.3 Å². The first kappa shape index (κ1) is 22.9. The second-order valence-corrected chi connectivity index (χ2v) is 8.18. The first-order valence-electron chi connectivity index (χ1n) is 11.1. The van der Waals surface area contributed by atoms with Gasteiger partial charge in [-0.1, -0.05) is 30.2 Å². The van der Waals surface area contributed by atoms with Crippen LogP contribution in [-0.4, -0.2) is 34.4 Å². The molecule has 1 aliphatic rings. The van der Waals surface area contributed by atoms with E-state index in [4.69, 9.17) is 21.1 Å². The molecule has 2 heterocycles. The van der Waals surface area contributed by atoms with Crippen LogP contribution in [0.15, 0.2) is 42.5 Å². The predicted molar refractivity (Wildman–Crippen MR) is 130 cm³/mol. The van der Waals surface area contributed by atoms with Gasteiger partial charge in [0.05, 0.1) is 18.7 Å². The highest BCUT2D eigenvalue weighted by atomic mass is 35.5. The summed E-state index contributed by atoms with van der Waals surface area (Å²) in [6.45, 7) is 3.28. The Kier molecular flexibility index (Phi) is 7.29. The van der Waals surface area contributed by atoms with Gasteiger partial charge in [-0.3, -0.25) is 4.79 Å². The van der Waals surface area contributed by atoms with Crippen molar-refractivity contribution in [3.8, 4) is 22.9 Å². The summed E-state index contributed by atoms with van der Waals surface area (Å²) in [6.07, 6.45) is 7.57. The second-order valence-electron chi connectivity index (χ2n) is 7.77. The number of rotatable bonds is 7. The highest BCUT2D eigenvalue weighted by Gasteiger charge is 2.16. The molecular formula is C25H27ClN4O3. The maximum absolute atomic E-state index is 12.6. The lowest BCUT2D eigenvalue weighted by Gasteiger charge is -2.12. The average Bonchev–Trinajstić information content (AvgIpc) is 3.07. The Labute approximate surface area is 198 Å². The van der Waals surface area contributed by atoms with E-state index in [0.29, 0.717) is 28.8 Å². The summed E-state index contributed by atoms with van der Waals surface area (Å²) in [6, 6.07) is 11.2. The van der Waals surface area contributed by atoms with Crippen molar-refractivity contribution in [3.63, 3.8) is 0 Å². The van der Waals surface area contributed by atoms with Crippen molar-refractivity contribution in [2.45, 2.75) is 39.2 Å².